The Morgan fingerprint density at radius 3 is 2.55 bits per heavy atom. The van der Waals surface area contributed by atoms with Crippen molar-refractivity contribution in [2.45, 2.75) is 30.8 Å². The minimum atomic E-state index is -0.503. The van der Waals surface area contributed by atoms with Crippen LogP contribution in [0.4, 0.5) is 5.69 Å². The molecule has 1 amide bonds. The zero-order chi connectivity index (χ0) is 23.2. The summed E-state index contributed by atoms with van der Waals surface area (Å²) < 4.78 is 7.33. The maximum atomic E-state index is 13.4. The number of ether oxygens (including phenoxy) is 1. The van der Waals surface area contributed by atoms with E-state index in [1.165, 1.54) is 11.8 Å². The second kappa shape index (κ2) is 10.4. The standard InChI is InChI=1S/C26H26N4O2S/c1-4-30-24(20-13-8-10-18(2)16-20)28-29-26(30)33-23(19-11-6-5-7-12-19)25(31)27-21-14-9-15-22(17-21)32-3/h5-17,23H,4H2,1-3H3,(H,27,31). The molecule has 0 saturated heterocycles. The average molecular weight is 459 g/mol. The normalized spacial score (nSPS) is 11.7. The number of hydrogen-bond donors (Lipinski definition) is 1. The van der Waals surface area contributed by atoms with Crippen LogP contribution in [-0.2, 0) is 11.3 Å². The van der Waals surface area contributed by atoms with Crippen LogP contribution in [0, 0.1) is 6.92 Å². The topological polar surface area (TPSA) is 69.0 Å². The van der Waals surface area contributed by atoms with Crippen LogP contribution in [0.5, 0.6) is 5.75 Å². The van der Waals surface area contributed by atoms with Crippen molar-refractivity contribution in [1.29, 1.82) is 0 Å². The summed E-state index contributed by atoms with van der Waals surface area (Å²) in [7, 11) is 1.60. The van der Waals surface area contributed by atoms with Crippen molar-refractivity contribution < 1.29 is 9.53 Å². The van der Waals surface area contributed by atoms with E-state index in [1.807, 2.05) is 65.2 Å². The van der Waals surface area contributed by atoms with Crippen LogP contribution in [0.1, 0.15) is 23.3 Å². The van der Waals surface area contributed by atoms with Gasteiger partial charge in [-0.2, -0.15) is 0 Å². The summed E-state index contributed by atoms with van der Waals surface area (Å²) in [5.74, 6) is 1.34. The lowest BCUT2D eigenvalue weighted by molar-refractivity contribution is -0.115. The molecule has 1 heterocycles. The fraction of sp³-hybridized carbons (Fsp3) is 0.192. The fourth-order valence-electron chi connectivity index (χ4n) is 3.57. The van der Waals surface area contributed by atoms with E-state index < -0.39 is 5.25 Å². The monoisotopic (exact) mass is 458 g/mol. The molecule has 1 atom stereocenters. The van der Waals surface area contributed by atoms with E-state index in [4.69, 9.17) is 4.74 Å². The number of amides is 1. The Kier molecular flexibility index (Phi) is 7.10. The van der Waals surface area contributed by atoms with Crippen molar-refractivity contribution >= 4 is 23.4 Å². The first-order valence-electron chi connectivity index (χ1n) is 10.8. The lowest BCUT2D eigenvalue weighted by Crippen LogP contribution is -2.19. The number of hydrogen-bond acceptors (Lipinski definition) is 5. The van der Waals surface area contributed by atoms with Gasteiger partial charge < -0.3 is 14.6 Å². The van der Waals surface area contributed by atoms with E-state index in [-0.39, 0.29) is 5.91 Å². The van der Waals surface area contributed by atoms with Crippen molar-refractivity contribution in [2.24, 2.45) is 0 Å². The quantitative estimate of drug-likeness (QED) is 0.340. The molecule has 0 radical (unpaired) electrons. The van der Waals surface area contributed by atoms with Crippen LogP contribution in [0.15, 0.2) is 84.0 Å². The van der Waals surface area contributed by atoms with Gasteiger partial charge in [-0.15, -0.1) is 10.2 Å². The van der Waals surface area contributed by atoms with E-state index in [1.54, 1.807) is 13.2 Å². The molecule has 6 nitrogen and oxygen atoms in total. The number of methoxy groups -OCH3 is 1. The molecule has 1 unspecified atom stereocenters. The lowest BCUT2D eigenvalue weighted by Gasteiger charge is -2.17. The average Bonchev–Trinajstić information content (AvgIpc) is 3.25. The highest BCUT2D eigenvalue weighted by molar-refractivity contribution is 8.00. The predicted molar refractivity (Wildman–Crippen MR) is 133 cm³/mol. The second-order valence-electron chi connectivity index (χ2n) is 7.55. The SMILES string of the molecule is CCn1c(SC(C(=O)Nc2cccc(OC)c2)c2ccccc2)nnc1-c1cccc(C)c1. The highest BCUT2D eigenvalue weighted by Gasteiger charge is 2.26. The smallest absolute Gasteiger partial charge is 0.242 e. The van der Waals surface area contributed by atoms with E-state index in [9.17, 15) is 4.79 Å². The maximum Gasteiger partial charge on any atom is 0.242 e. The third kappa shape index (κ3) is 5.26. The Bertz CT molecular complexity index is 1240. The molecule has 0 aliphatic rings. The Morgan fingerprint density at radius 2 is 1.82 bits per heavy atom. The molecule has 0 fully saturated rings. The van der Waals surface area contributed by atoms with Gasteiger partial charge in [0.2, 0.25) is 5.91 Å². The van der Waals surface area contributed by atoms with Crippen LogP contribution in [-0.4, -0.2) is 27.8 Å². The number of nitrogens with zero attached hydrogens (tertiary/aromatic N) is 3. The zero-order valence-corrected chi connectivity index (χ0v) is 19.7. The lowest BCUT2D eigenvalue weighted by atomic mass is 10.1. The Balaban J connectivity index is 1.66. The van der Waals surface area contributed by atoms with Crippen molar-refractivity contribution in [3.05, 3.63) is 90.0 Å². The molecule has 168 valence electrons. The van der Waals surface area contributed by atoms with E-state index in [0.717, 1.165) is 22.5 Å². The summed E-state index contributed by atoms with van der Waals surface area (Å²) in [6.45, 7) is 4.80. The fourth-order valence-corrected chi connectivity index (χ4v) is 4.67. The predicted octanol–water partition coefficient (Wildman–Crippen LogP) is 5.75. The number of carbonyl (C=O) groups excluding carboxylic acids is 1. The first-order valence-corrected chi connectivity index (χ1v) is 11.6. The van der Waals surface area contributed by atoms with Gasteiger partial charge >= 0.3 is 0 Å². The van der Waals surface area contributed by atoms with Gasteiger partial charge in [0.1, 0.15) is 11.0 Å². The largest absolute Gasteiger partial charge is 0.497 e. The summed E-state index contributed by atoms with van der Waals surface area (Å²) in [4.78, 5) is 13.4. The molecule has 0 aliphatic heterocycles. The van der Waals surface area contributed by atoms with Gasteiger partial charge in [-0.25, -0.2) is 0 Å². The molecule has 4 aromatic rings. The van der Waals surface area contributed by atoms with Crippen molar-refractivity contribution in [3.8, 4) is 17.1 Å². The molecule has 3 aromatic carbocycles. The van der Waals surface area contributed by atoms with Crippen molar-refractivity contribution in [1.82, 2.24) is 14.8 Å². The number of benzene rings is 3. The first-order chi connectivity index (χ1) is 16.1. The number of rotatable bonds is 8. The summed E-state index contributed by atoms with van der Waals surface area (Å²) >= 11 is 1.40. The van der Waals surface area contributed by atoms with Gasteiger partial charge in [-0.1, -0.05) is 71.9 Å². The molecule has 0 spiro atoms. The Morgan fingerprint density at radius 1 is 1.03 bits per heavy atom. The summed E-state index contributed by atoms with van der Waals surface area (Å²) in [5, 5.41) is 12.1. The molecule has 33 heavy (non-hydrogen) atoms. The van der Waals surface area contributed by atoms with Gasteiger partial charge in [0.25, 0.3) is 0 Å². The molecule has 1 N–H and O–H groups in total. The number of thioether (sulfide) groups is 1. The number of aromatic nitrogens is 3. The van der Waals surface area contributed by atoms with E-state index in [2.05, 4.69) is 41.5 Å². The second-order valence-corrected chi connectivity index (χ2v) is 8.62. The molecule has 1 aromatic heterocycles. The minimum absolute atomic E-state index is 0.137. The molecule has 7 heteroatoms. The Hall–Kier alpha value is -3.58. The number of aryl methyl sites for hydroxylation is 1. The molecular formula is C26H26N4O2S. The molecule has 0 saturated carbocycles. The third-order valence-electron chi connectivity index (χ3n) is 5.21. The van der Waals surface area contributed by atoms with E-state index >= 15 is 0 Å². The van der Waals surface area contributed by atoms with E-state index in [0.29, 0.717) is 23.1 Å². The van der Waals surface area contributed by atoms with Crippen LogP contribution >= 0.6 is 11.8 Å². The van der Waals surface area contributed by atoms with Gasteiger partial charge in [-0.05, 0) is 37.6 Å². The van der Waals surface area contributed by atoms with Gasteiger partial charge in [0.05, 0.1) is 7.11 Å². The summed E-state index contributed by atoms with van der Waals surface area (Å²) in [6.07, 6.45) is 0. The third-order valence-corrected chi connectivity index (χ3v) is 6.45. The molecule has 4 rings (SSSR count). The highest BCUT2D eigenvalue weighted by atomic mass is 32.2. The van der Waals surface area contributed by atoms with Gasteiger partial charge in [0, 0.05) is 23.9 Å². The van der Waals surface area contributed by atoms with Crippen LogP contribution in [0.3, 0.4) is 0 Å². The molecular weight excluding hydrogens is 432 g/mol. The van der Waals surface area contributed by atoms with Crippen LogP contribution < -0.4 is 10.1 Å². The number of carbonyl (C=O) groups is 1. The highest BCUT2D eigenvalue weighted by Crippen LogP contribution is 2.37. The van der Waals surface area contributed by atoms with Gasteiger partial charge in [0.15, 0.2) is 11.0 Å². The minimum Gasteiger partial charge on any atom is -0.497 e. The Labute approximate surface area is 198 Å². The first kappa shape index (κ1) is 22.6. The zero-order valence-electron chi connectivity index (χ0n) is 18.9. The van der Waals surface area contributed by atoms with Crippen LogP contribution in [0.25, 0.3) is 11.4 Å². The van der Waals surface area contributed by atoms with Crippen LogP contribution in [0.2, 0.25) is 0 Å². The summed E-state index contributed by atoms with van der Waals surface area (Å²) in [6, 6.07) is 25.2. The van der Waals surface area contributed by atoms with Crippen molar-refractivity contribution in [2.75, 3.05) is 12.4 Å². The maximum absolute atomic E-state index is 13.4. The van der Waals surface area contributed by atoms with Gasteiger partial charge in [-0.3, -0.25) is 4.79 Å². The number of nitrogens with one attached hydrogen (secondary N) is 1. The van der Waals surface area contributed by atoms with Crippen molar-refractivity contribution in [3.63, 3.8) is 0 Å². The summed E-state index contributed by atoms with van der Waals surface area (Å²) in [5.41, 5.74) is 3.74. The molecule has 0 aliphatic carbocycles. The number of anilines is 1. The molecule has 0 bridgehead atoms.